The van der Waals surface area contributed by atoms with E-state index >= 15 is 0 Å². The van der Waals surface area contributed by atoms with Gasteiger partial charge < -0.3 is 9.64 Å². The van der Waals surface area contributed by atoms with Crippen LogP contribution in [0, 0.1) is 12.8 Å². The van der Waals surface area contributed by atoms with E-state index in [9.17, 15) is 9.59 Å². The summed E-state index contributed by atoms with van der Waals surface area (Å²) in [5.74, 6) is 0.514. The van der Waals surface area contributed by atoms with Crippen molar-refractivity contribution in [3.05, 3.63) is 77.4 Å². The van der Waals surface area contributed by atoms with Gasteiger partial charge in [-0.15, -0.1) is 10.2 Å². The van der Waals surface area contributed by atoms with Gasteiger partial charge in [0.25, 0.3) is 5.91 Å². The molecule has 1 saturated heterocycles. The summed E-state index contributed by atoms with van der Waals surface area (Å²) in [6.45, 7) is 5.44. The van der Waals surface area contributed by atoms with Crippen LogP contribution in [0.4, 0.5) is 0 Å². The SMILES string of the molecule is CCOC(=O)C1CCN(C(=O)c2ccc(CSc3ccc(-c4ccc(C)cc4)nn3)cc2)CC1. The molecule has 0 aliphatic carbocycles. The molecule has 6 nitrogen and oxygen atoms in total. The molecule has 176 valence electrons. The van der Waals surface area contributed by atoms with Gasteiger partial charge in [0.2, 0.25) is 0 Å². The zero-order valence-corrected chi connectivity index (χ0v) is 20.4. The van der Waals surface area contributed by atoms with E-state index in [1.165, 1.54) is 5.56 Å². The Kier molecular flexibility index (Phi) is 7.95. The molecule has 1 aromatic heterocycles. The zero-order chi connectivity index (χ0) is 23.9. The highest BCUT2D eigenvalue weighted by atomic mass is 32.2. The van der Waals surface area contributed by atoms with Crippen LogP contribution in [0.5, 0.6) is 0 Å². The Morgan fingerprint density at radius 2 is 1.68 bits per heavy atom. The summed E-state index contributed by atoms with van der Waals surface area (Å²) in [5, 5.41) is 9.57. The number of nitrogens with zero attached hydrogens (tertiary/aromatic N) is 3. The molecule has 0 atom stereocenters. The van der Waals surface area contributed by atoms with E-state index in [1.54, 1.807) is 11.8 Å². The standard InChI is InChI=1S/C27H29N3O3S/c1-3-33-27(32)23-14-16-30(17-15-23)26(31)22-10-6-20(7-11-22)18-34-25-13-12-24(28-29-25)21-8-4-19(2)5-9-21/h4-13,23H,3,14-18H2,1-2H3. The second-order valence-corrected chi connectivity index (χ2v) is 9.42. The van der Waals surface area contributed by atoms with Gasteiger partial charge in [0.15, 0.2) is 0 Å². The van der Waals surface area contributed by atoms with Gasteiger partial charge in [0.05, 0.1) is 18.2 Å². The fourth-order valence-corrected chi connectivity index (χ4v) is 4.71. The topological polar surface area (TPSA) is 72.4 Å². The highest BCUT2D eigenvalue weighted by molar-refractivity contribution is 7.98. The fraction of sp³-hybridized carbons (Fsp3) is 0.333. The molecule has 2 heterocycles. The van der Waals surface area contributed by atoms with E-state index < -0.39 is 0 Å². The molecule has 4 rings (SSSR count). The van der Waals surface area contributed by atoms with E-state index in [4.69, 9.17) is 4.74 Å². The molecule has 34 heavy (non-hydrogen) atoms. The Morgan fingerprint density at radius 1 is 0.971 bits per heavy atom. The van der Waals surface area contributed by atoms with Crippen molar-refractivity contribution >= 4 is 23.6 Å². The molecular weight excluding hydrogens is 446 g/mol. The van der Waals surface area contributed by atoms with E-state index in [2.05, 4.69) is 41.4 Å². The average Bonchev–Trinajstić information content (AvgIpc) is 2.88. The predicted molar refractivity (Wildman–Crippen MR) is 133 cm³/mol. The summed E-state index contributed by atoms with van der Waals surface area (Å²) < 4.78 is 5.11. The number of carbonyl (C=O) groups is 2. The molecule has 0 N–H and O–H groups in total. The molecule has 3 aromatic rings. The van der Waals surface area contributed by atoms with Crippen LogP contribution < -0.4 is 0 Å². The minimum Gasteiger partial charge on any atom is -0.466 e. The highest BCUT2D eigenvalue weighted by Gasteiger charge is 2.28. The maximum absolute atomic E-state index is 12.8. The largest absolute Gasteiger partial charge is 0.466 e. The molecule has 1 aliphatic rings. The lowest BCUT2D eigenvalue weighted by Gasteiger charge is -2.31. The summed E-state index contributed by atoms with van der Waals surface area (Å²) in [6.07, 6.45) is 1.31. The molecule has 0 radical (unpaired) electrons. The van der Waals surface area contributed by atoms with Gasteiger partial charge in [-0.3, -0.25) is 9.59 Å². The van der Waals surface area contributed by atoms with Crippen molar-refractivity contribution in [3.8, 4) is 11.3 Å². The first kappa shape index (κ1) is 24.0. The minimum atomic E-state index is -0.147. The van der Waals surface area contributed by atoms with Crippen molar-refractivity contribution in [1.82, 2.24) is 15.1 Å². The van der Waals surface area contributed by atoms with Crippen LogP contribution in [-0.4, -0.2) is 46.7 Å². The smallest absolute Gasteiger partial charge is 0.309 e. The summed E-state index contributed by atoms with van der Waals surface area (Å²) in [6, 6.07) is 20.0. The molecule has 1 fully saturated rings. The molecule has 2 aromatic carbocycles. The van der Waals surface area contributed by atoms with Crippen molar-refractivity contribution in [2.45, 2.75) is 37.5 Å². The van der Waals surface area contributed by atoms with Crippen molar-refractivity contribution in [2.75, 3.05) is 19.7 Å². The number of aryl methyl sites for hydroxylation is 1. The average molecular weight is 476 g/mol. The Labute approximate surface area is 204 Å². The first-order chi connectivity index (χ1) is 16.5. The molecule has 0 unspecified atom stereocenters. The van der Waals surface area contributed by atoms with Crippen LogP contribution in [0.25, 0.3) is 11.3 Å². The number of piperidine rings is 1. The molecule has 1 amide bonds. The second kappa shape index (κ2) is 11.3. The van der Waals surface area contributed by atoms with E-state index in [1.807, 2.05) is 48.2 Å². The third-order valence-corrected chi connectivity index (χ3v) is 6.97. The van der Waals surface area contributed by atoms with E-state index in [0.717, 1.165) is 27.6 Å². The zero-order valence-electron chi connectivity index (χ0n) is 19.6. The van der Waals surface area contributed by atoms with Crippen LogP contribution in [0.1, 0.15) is 41.3 Å². The van der Waals surface area contributed by atoms with Gasteiger partial charge >= 0.3 is 5.97 Å². The lowest BCUT2D eigenvalue weighted by molar-refractivity contribution is -0.149. The lowest BCUT2D eigenvalue weighted by atomic mass is 9.96. The number of hydrogen-bond donors (Lipinski definition) is 0. The third-order valence-electron chi connectivity index (χ3n) is 5.98. The van der Waals surface area contributed by atoms with Gasteiger partial charge in [-0.25, -0.2) is 0 Å². The minimum absolute atomic E-state index is 0.0130. The number of thioether (sulfide) groups is 1. The van der Waals surface area contributed by atoms with E-state index in [0.29, 0.717) is 38.1 Å². The lowest BCUT2D eigenvalue weighted by Crippen LogP contribution is -2.40. The molecule has 0 saturated carbocycles. The summed E-state index contributed by atoms with van der Waals surface area (Å²) in [5.41, 5.74) is 4.92. The third kappa shape index (κ3) is 6.03. The summed E-state index contributed by atoms with van der Waals surface area (Å²) >= 11 is 1.62. The number of hydrogen-bond acceptors (Lipinski definition) is 6. The summed E-state index contributed by atoms with van der Waals surface area (Å²) in [7, 11) is 0. The van der Waals surface area contributed by atoms with Crippen LogP contribution >= 0.6 is 11.8 Å². The molecule has 0 spiro atoms. The van der Waals surface area contributed by atoms with Crippen LogP contribution in [0.2, 0.25) is 0 Å². The summed E-state index contributed by atoms with van der Waals surface area (Å²) in [4.78, 5) is 26.6. The normalized spacial score (nSPS) is 14.1. The molecular formula is C27H29N3O3S. The quantitative estimate of drug-likeness (QED) is 0.347. The Bertz CT molecular complexity index is 1110. The van der Waals surface area contributed by atoms with Crippen molar-refractivity contribution in [2.24, 2.45) is 5.92 Å². The number of amides is 1. The Balaban J connectivity index is 1.28. The Hall–Kier alpha value is -3.19. The highest BCUT2D eigenvalue weighted by Crippen LogP contribution is 2.24. The first-order valence-corrected chi connectivity index (χ1v) is 12.6. The van der Waals surface area contributed by atoms with Gasteiger partial charge in [-0.1, -0.05) is 53.7 Å². The predicted octanol–water partition coefficient (Wildman–Crippen LogP) is 5.16. The van der Waals surface area contributed by atoms with Crippen molar-refractivity contribution in [3.63, 3.8) is 0 Å². The van der Waals surface area contributed by atoms with Gasteiger partial charge in [-0.2, -0.15) is 0 Å². The van der Waals surface area contributed by atoms with Gasteiger partial charge in [0, 0.05) is 30.0 Å². The Morgan fingerprint density at radius 3 is 2.29 bits per heavy atom. The van der Waals surface area contributed by atoms with Crippen molar-refractivity contribution < 1.29 is 14.3 Å². The second-order valence-electron chi connectivity index (χ2n) is 8.43. The maximum Gasteiger partial charge on any atom is 0.309 e. The number of aromatic nitrogens is 2. The number of benzene rings is 2. The molecule has 0 bridgehead atoms. The van der Waals surface area contributed by atoms with Gasteiger partial charge in [-0.05, 0) is 56.5 Å². The van der Waals surface area contributed by atoms with Crippen molar-refractivity contribution in [1.29, 1.82) is 0 Å². The van der Waals surface area contributed by atoms with Crippen LogP contribution in [0.15, 0.2) is 65.7 Å². The monoisotopic (exact) mass is 475 g/mol. The van der Waals surface area contributed by atoms with Gasteiger partial charge in [0.1, 0.15) is 5.03 Å². The number of likely N-dealkylation sites (tertiary alicyclic amines) is 1. The molecule has 1 aliphatic heterocycles. The molecule has 7 heteroatoms. The fourth-order valence-electron chi connectivity index (χ4n) is 3.94. The number of carbonyl (C=O) groups excluding carboxylic acids is 2. The van der Waals surface area contributed by atoms with Crippen LogP contribution in [0.3, 0.4) is 0 Å². The first-order valence-electron chi connectivity index (χ1n) is 11.6. The number of ether oxygens (including phenoxy) is 1. The number of esters is 1. The van der Waals surface area contributed by atoms with Crippen LogP contribution in [-0.2, 0) is 15.3 Å². The van der Waals surface area contributed by atoms with E-state index in [-0.39, 0.29) is 17.8 Å². The maximum atomic E-state index is 12.8. The number of rotatable bonds is 7.